The third-order valence-electron chi connectivity index (χ3n) is 4.40. The second kappa shape index (κ2) is 7.29. The Morgan fingerprint density at radius 1 is 1.31 bits per heavy atom. The monoisotopic (exact) mass is 369 g/mol. The first-order valence-electron chi connectivity index (χ1n) is 8.48. The lowest BCUT2D eigenvalue weighted by Crippen LogP contribution is -2.49. The molecule has 0 aliphatic carbocycles. The number of hydrogen-bond acceptors (Lipinski definition) is 6. The van der Waals surface area contributed by atoms with Crippen molar-refractivity contribution in [3.8, 4) is 5.75 Å². The number of carbonyl (C=O) groups is 1. The molecule has 0 bridgehead atoms. The van der Waals surface area contributed by atoms with Crippen LogP contribution in [0.5, 0.6) is 5.75 Å². The van der Waals surface area contributed by atoms with E-state index in [0.29, 0.717) is 31.2 Å². The van der Waals surface area contributed by atoms with Gasteiger partial charge in [-0.1, -0.05) is 22.9 Å². The highest BCUT2D eigenvalue weighted by Crippen LogP contribution is 2.26. The molecule has 0 spiro atoms. The zero-order valence-corrected chi connectivity index (χ0v) is 15.2. The third-order valence-corrected chi connectivity index (χ3v) is 5.13. The number of amides is 1. The lowest BCUT2D eigenvalue weighted by atomic mass is 9.98. The first-order chi connectivity index (χ1) is 12.7. The molecule has 0 unspecified atom stereocenters. The molecule has 0 atom stereocenters. The summed E-state index contributed by atoms with van der Waals surface area (Å²) in [5.41, 5.74) is 2.25. The summed E-state index contributed by atoms with van der Waals surface area (Å²) in [5.74, 6) is 2.14. The second-order valence-corrected chi connectivity index (χ2v) is 7.23. The number of thiophene rings is 1. The van der Waals surface area contributed by atoms with Gasteiger partial charge in [-0.2, -0.15) is 16.3 Å². The minimum absolute atomic E-state index is 0.137. The fourth-order valence-electron chi connectivity index (χ4n) is 2.80. The lowest BCUT2D eigenvalue weighted by Gasteiger charge is -2.37. The Kier molecular flexibility index (Phi) is 4.71. The van der Waals surface area contributed by atoms with E-state index in [9.17, 15) is 4.79 Å². The first-order valence-corrected chi connectivity index (χ1v) is 9.42. The quantitative estimate of drug-likeness (QED) is 0.667. The van der Waals surface area contributed by atoms with Gasteiger partial charge >= 0.3 is 0 Å². The van der Waals surface area contributed by atoms with Crippen LogP contribution in [0, 0.1) is 6.92 Å². The summed E-state index contributed by atoms with van der Waals surface area (Å²) in [5, 5.41) is 8.03. The fraction of sp³-hybridized carbons (Fsp3) is 0.316. The van der Waals surface area contributed by atoms with Crippen LogP contribution in [0.1, 0.15) is 28.8 Å². The van der Waals surface area contributed by atoms with E-state index < -0.39 is 0 Å². The van der Waals surface area contributed by atoms with Crippen LogP contribution in [0.25, 0.3) is 0 Å². The van der Waals surface area contributed by atoms with Crippen molar-refractivity contribution >= 4 is 17.2 Å². The Morgan fingerprint density at radius 3 is 2.85 bits per heavy atom. The van der Waals surface area contributed by atoms with Crippen molar-refractivity contribution in [1.29, 1.82) is 0 Å². The fourth-order valence-corrected chi connectivity index (χ4v) is 3.47. The minimum atomic E-state index is 0.137. The molecule has 1 aromatic carbocycles. The van der Waals surface area contributed by atoms with Crippen molar-refractivity contribution in [2.75, 3.05) is 13.1 Å². The van der Waals surface area contributed by atoms with Gasteiger partial charge in [0.2, 0.25) is 5.91 Å². The van der Waals surface area contributed by atoms with Crippen LogP contribution < -0.4 is 4.74 Å². The van der Waals surface area contributed by atoms with Gasteiger partial charge in [0.25, 0.3) is 5.89 Å². The average Bonchev–Trinajstić information content (AvgIpc) is 3.25. The zero-order valence-electron chi connectivity index (χ0n) is 14.4. The van der Waals surface area contributed by atoms with Gasteiger partial charge in [0.15, 0.2) is 12.4 Å². The maximum absolute atomic E-state index is 12.2. The molecule has 26 heavy (non-hydrogen) atoms. The van der Waals surface area contributed by atoms with E-state index in [4.69, 9.17) is 9.26 Å². The maximum Gasteiger partial charge on any atom is 0.264 e. The van der Waals surface area contributed by atoms with Gasteiger partial charge < -0.3 is 14.2 Å². The minimum Gasteiger partial charge on any atom is -0.484 e. The predicted molar refractivity (Wildman–Crippen MR) is 97.2 cm³/mol. The maximum atomic E-state index is 12.2. The van der Waals surface area contributed by atoms with E-state index in [2.05, 4.69) is 10.1 Å². The Labute approximate surface area is 155 Å². The van der Waals surface area contributed by atoms with Gasteiger partial charge in [-0.25, -0.2) is 0 Å². The Bertz CT molecular complexity index is 868. The van der Waals surface area contributed by atoms with Crippen LogP contribution in [0.3, 0.4) is 0 Å². The van der Waals surface area contributed by atoms with Crippen molar-refractivity contribution in [2.45, 2.75) is 25.9 Å². The molecule has 1 amide bonds. The summed E-state index contributed by atoms with van der Waals surface area (Å²) in [6, 6.07) is 9.79. The van der Waals surface area contributed by atoms with Gasteiger partial charge in [0.1, 0.15) is 5.75 Å². The molecular weight excluding hydrogens is 350 g/mol. The predicted octanol–water partition coefficient (Wildman–Crippen LogP) is 3.19. The van der Waals surface area contributed by atoms with Gasteiger partial charge in [-0.3, -0.25) is 4.79 Å². The normalized spacial score (nSPS) is 14.3. The molecule has 3 heterocycles. The summed E-state index contributed by atoms with van der Waals surface area (Å²) in [6.45, 7) is 3.55. The number of nitrogens with zero attached hydrogens (tertiary/aromatic N) is 3. The molecule has 1 saturated heterocycles. The van der Waals surface area contributed by atoms with Crippen LogP contribution >= 0.6 is 11.3 Å². The second-order valence-electron chi connectivity index (χ2n) is 6.45. The van der Waals surface area contributed by atoms with Crippen LogP contribution in [-0.2, 0) is 17.8 Å². The van der Waals surface area contributed by atoms with E-state index in [1.165, 1.54) is 5.56 Å². The van der Waals surface area contributed by atoms with E-state index in [-0.39, 0.29) is 18.4 Å². The standard InChI is InChI=1S/C19H19N3O3S/c1-13-2-4-16(5-3-13)24-11-17-20-19(21-25-17)15-9-22(10-15)18(23)8-14-6-7-26-12-14/h2-7,12,15H,8-11H2,1H3. The molecule has 0 radical (unpaired) electrons. The van der Waals surface area contributed by atoms with Crippen LogP contribution in [0.4, 0.5) is 0 Å². The smallest absolute Gasteiger partial charge is 0.264 e. The summed E-state index contributed by atoms with van der Waals surface area (Å²) in [6.07, 6.45) is 0.456. The molecule has 1 fully saturated rings. The van der Waals surface area contributed by atoms with Crippen LogP contribution in [0.15, 0.2) is 45.6 Å². The summed E-state index contributed by atoms with van der Waals surface area (Å²) in [4.78, 5) is 18.4. The number of hydrogen-bond donors (Lipinski definition) is 0. The summed E-state index contributed by atoms with van der Waals surface area (Å²) < 4.78 is 10.9. The van der Waals surface area contributed by atoms with Crippen molar-refractivity contribution in [2.24, 2.45) is 0 Å². The van der Waals surface area contributed by atoms with Crippen molar-refractivity contribution in [1.82, 2.24) is 15.0 Å². The highest BCUT2D eigenvalue weighted by molar-refractivity contribution is 7.08. The van der Waals surface area contributed by atoms with E-state index in [1.54, 1.807) is 11.3 Å². The Hall–Kier alpha value is -2.67. The van der Waals surface area contributed by atoms with E-state index >= 15 is 0 Å². The van der Waals surface area contributed by atoms with Crippen LogP contribution in [-0.4, -0.2) is 34.0 Å². The molecule has 2 aromatic heterocycles. The SMILES string of the molecule is Cc1ccc(OCc2nc(C3CN(C(=O)Cc4ccsc4)C3)no2)cc1. The number of benzene rings is 1. The first kappa shape index (κ1) is 16.8. The summed E-state index contributed by atoms with van der Waals surface area (Å²) >= 11 is 1.61. The number of ether oxygens (including phenoxy) is 1. The van der Waals surface area contributed by atoms with E-state index in [0.717, 1.165) is 11.3 Å². The number of rotatable bonds is 6. The van der Waals surface area contributed by atoms with Crippen LogP contribution in [0.2, 0.25) is 0 Å². The molecule has 0 saturated carbocycles. The molecular formula is C19H19N3O3S. The number of aryl methyl sites for hydroxylation is 1. The Balaban J connectivity index is 1.26. The highest BCUT2D eigenvalue weighted by atomic mass is 32.1. The largest absolute Gasteiger partial charge is 0.484 e. The number of aromatic nitrogens is 2. The highest BCUT2D eigenvalue weighted by Gasteiger charge is 2.34. The molecule has 4 rings (SSSR count). The molecule has 1 aliphatic heterocycles. The molecule has 1 aliphatic rings. The van der Waals surface area contributed by atoms with Crippen molar-refractivity contribution < 1.29 is 14.1 Å². The van der Waals surface area contributed by atoms with Gasteiger partial charge in [-0.05, 0) is 41.4 Å². The Morgan fingerprint density at radius 2 is 2.12 bits per heavy atom. The third kappa shape index (κ3) is 3.77. The number of carbonyl (C=O) groups excluding carboxylic acids is 1. The van der Waals surface area contributed by atoms with Gasteiger partial charge in [0.05, 0.1) is 12.3 Å². The average molecular weight is 369 g/mol. The zero-order chi connectivity index (χ0) is 17.9. The molecule has 3 aromatic rings. The van der Waals surface area contributed by atoms with Gasteiger partial charge in [0, 0.05) is 13.1 Å². The van der Waals surface area contributed by atoms with Gasteiger partial charge in [-0.15, -0.1) is 0 Å². The summed E-state index contributed by atoms with van der Waals surface area (Å²) in [7, 11) is 0. The lowest BCUT2D eigenvalue weighted by molar-refractivity contribution is -0.135. The topological polar surface area (TPSA) is 68.5 Å². The van der Waals surface area contributed by atoms with Crippen molar-refractivity contribution in [3.63, 3.8) is 0 Å². The van der Waals surface area contributed by atoms with E-state index in [1.807, 2.05) is 52.9 Å². The number of likely N-dealkylation sites (tertiary alicyclic amines) is 1. The molecule has 6 nitrogen and oxygen atoms in total. The molecule has 0 N–H and O–H groups in total. The molecule has 134 valence electrons. The molecule has 7 heteroatoms. The van der Waals surface area contributed by atoms with Crippen molar-refractivity contribution in [3.05, 3.63) is 63.9 Å².